The second-order valence-corrected chi connectivity index (χ2v) is 6.52. The molecule has 0 saturated carbocycles. The minimum atomic E-state index is -0.890. The third kappa shape index (κ3) is 4.01. The van der Waals surface area contributed by atoms with E-state index in [2.05, 4.69) is 10.3 Å². The summed E-state index contributed by atoms with van der Waals surface area (Å²) in [6, 6.07) is 6.12. The van der Waals surface area contributed by atoms with Crippen LogP contribution in [0.1, 0.15) is 29.4 Å². The van der Waals surface area contributed by atoms with Crippen LogP contribution in [0.15, 0.2) is 30.5 Å². The summed E-state index contributed by atoms with van der Waals surface area (Å²) < 4.78 is 14.7. The van der Waals surface area contributed by atoms with E-state index in [1.54, 1.807) is 12.1 Å². The molecule has 2 unspecified atom stereocenters. The van der Waals surface area contributed by atoms with Gasteiger partial charge in [0, 0.05) is 13.1 Å². The van der Waals surface area contributed by atoms with Gasteiger partial charge in [0.05, 0.1) is 18.7 Å². The molecule has 1 N–H and O–H groups in total. The summed E-state index contributed by atoms with van der Waals surface area (Å²) in [5, 5.41) is 17.0. The van der Waals surface area contributed by atoms with E-state index in [0.717, 1.165) is 0 Å². The number of rotatable bonds is 4. The molecule has 1 amide bonds. The van der Waals surface area contributed by atoms with Crippen molar-refractivity contribution in [2.24, 2.45) is 11.8 Å². The van der Waals surface area contributed by atoms with Gasteiger partial charge in [0.25, 0.3) is 5.91 Å². The minimum absolute atomic E-state index is 0.112. The van der Waals surface area contributed by atoms with Crippen molar-refractivity contribution < 1.29 is 19.1 Å². The number of amides is 1. The molecule has 1 aliphatic rings. The highest BCUT2D eigenvalue weighted by Crippen LogP contribution is 2.23. The van der Waals surface area contributed by atoms with E-state index in [-0.39, 0.29) is 29.9 Å². The lowest BCUT2D eigenvalue weighted by Crippen LogP contribution is -2.45. The van der Waals surface area contributed by atoms with E-state index in [0.29, 0.717) is 25.1 Å². The Bertz CT molecular complexity index is 792. The molecule has 0 radical (unpaired) electrons. The van der Waals surface area contributed by atoms with Gasteiger partial charge in [-0.25, -0.2) is 9.07 Å². The molecule has 3 rings (SSSR count). The molecule has 2 atom stereocenters. The summed E-state index contributed by atoms with van der Waals surface area (Å²) in [5.41, 5.74) is 0.871. The van der Waals surface area contributed by atoms with Crippen molar-refractivity contribution in [3.63, 3.8) is 0 Å². The maximum Gasteiger partial charge on any atom is 0.308 e. The van der Waals surface area contributed by atoms with Crippen molar-refractivity contribution in [1.29, 1.82) is 0 Å². The van der Waals surface area contributed by atoms with Gasteiger partial charge in [-0.3, -0.25) is 9.59 Å². The van der Waals surface area contributed by atoms with Gasteiger partial charge in [-0.2, -0.15) is 0 Å². The molecule has 1 fully saturated rings. The van der Waals surface area contributed by atoms with E-state index in [1.807, 2.05) is 6.92 Å². The fourth-order valence-electron chi connectivity index (χ4n) is 3.15. The van der Waals surface area contributed by atoms with Crippen LogP contribution < -0.4 is 0 Å². The van der Waals surface area contributed by atoms with E-state index in [9.17, 15) is 19.1 Å². The average Bonchev–Trinajstić information content (AvgIpc) is 3.02. The number of carboxylic acids is 1. The standard InChI is InChI=1S/C17H19FN4O3/c1-11-5-13(17(24)25)9-21(7-11)16(23)15-10-22(20-19-15)8-12-3-2-4-14(18)6-12/h2-4,6,10-11,13H,5,7-9H2,1H3,(H,24,25). The Hall–Kier alpha value is -2.77. The van der Waals surface area contributed by atoms with Crippen molar-refractivity contribution in [1.82, 2.24) is 19.9 Å². The Morgan fingerprint density at radius 3 is 2.88 bits per heavy atom. The van der Waals surface area contributed by atoms with Crippen molar-refractivity contribution in [3.05, 3.63) is 47.5 Å². The number of aliphatic carboxylic acids is 1. The fraction of sp³-hybridized carbons (Fsp3) is 0.412. The van der Waals surface area contributed by atoms with Gasteiger partial charge in [-0.15, -0.1) is 5.10 Å². The number of likely N-dealkylation sites (tertiary alicyclic amines) is 1. The van der Waals surface area contributed by atoms with Gasteiger partial charge in [0.2, 0.25) is 0 Å². The maximum atomic E-state index is 13.2. The van der Waals surface area contributed by atoms with Crippen LogP contribution in [-0.4, -0.2) is 50.0 Å². The first-order valence-corrected chi connectivity index (χ1v) is 8.09. The van der Waals surface area contributed by atoms with E-state index in [4.69, 9.17) is 0 Å². The second kappa shape index (κ2) is 7.00. The Morgan fingerprint density at radius 2 is 2.16 bits per heavy atom. The van der Waals surface area contributed by atoms with E-state index < -0.39 is 11.9 Å². The molecular formula is C17H19FN4O3. The number of halogens is 1. The molecule has 7 nitrogen and oxygen atoms in total. The molecule has 2 heterocycles. The summed E-state index contributed by atoms with van der Waals surface area (Å²) in [4.78, 5) is 25.3. The average molecular weight is 346 g/mol. The lowest BCUT2D eigenvalue weighted by atomic mass is 9.90. The molecule has 25 heavy (non-hydrogen) atoms. The monoisotopic (exact) mass is 346 g/mol. The summed E-state index contributed by atoms with van der Waals surface area (Å²) in [5.74, 6) is -2.01. The van der Waals surface area contributed by atoms with Crippen LogP contribution in [0.3, 0.4) is 0 Å². The topological polar surface area (TPSA) is 88.3 Å². The van der Waals surface area contributed by atoms with Gasteiger partial charge in [-0.05, 0) is 30.0 Å². The lowest BCUT2D eigenvalue weighted by Gasteiger charge is -2.34. The van der Waals surface area contributed by atoms with Crippen LogP contribution in [0.2, 0.25) is 0 Å². The van der Waals surface area contributed by atoms with Crippen molar-refractivity contribution in [2.75, 3.05) is 13.1 Å². The number of benzene rings is 1. The van der Waals surface area contributed by atoms with Crippen molar-refractivity contribution in [3.8, 4) is 0 Å². The quantitative estimate of drug-likeness (QED) is 0.909. The third-order valence-corrected chi connectivity index (χ3v) is 4.29. The largest absolute Gasteiger partial charge is 0.481 e. The summed E-state index contributed by atoms with van der Waals surface area (Å²) in [6.07, 6.45) is 2.06. The predicted octanol–water partition coefficient (Wildman–Crippen LogP) is 1.65. The number of aromatic nitrogens is 3. The Kier molecular flexibility index (Phi) is 4.78. The molecule has 0 spiro atoms. The molecule has 1 aliphatic heterocycles. The fourth-order valence-corrected chi connectivity index (χ4v) is 3.15. The molecular weight excluding hydrogens is 327 g/mol. The molecule has 1 saturated heterocycles. The molecule has 0 bridgehead atoms. The van der Waals surface area contributed by atoms with Crippen LogP contribution in [-0.2, 0) is 11.3 Å². The first-order valence-electron chi connectivity index (χ1n) is 8.09. The molecule has 0 aliphatic carbocycles. The molecule has 1 aromatic carbocycles. The van der Waals surface area contributed by atoms with Gasteiger partial charge in [0.15, 0.2) is 5.69 Å². The van der Waals surface area contributed by atoms with Gasteiger partial charge >= 0.3 is 5.97 Å². The molecule has 8 heteroatoms. The zero-order valence-electron chi connectivity index (χ0n) is 13.8. The van der Waals surface area contributed by atoms with Crippen LogP contribution in [0.4, 0.5) is 4.39 Å². The highest BCUT2D eigenvalue weighted by Gasteiger charge is 2.33. The summed E-state index contributed by atoms with van der Waals surface area (Å²) in [6.45, 7) is 2.90. The highest BCUT2D eigenvalue weighted by molar-refractivity contribution is 5.92. The number of carboxylic acid groups (broad SMARTS) is 1. The van der Waals surface area contributed by atoms with Crippen LogP contribution in [0, 0.1) is 17.7 Å². The van der Waals surface area contributed by atoms with Crippen molar-refractivity contribution in [2.45, 2.75) is 19.9 Å². The predicted molar refractivity (Wildman–Crippen MR) is 86.3 cm³/mol. The zero-order valence-corrected chi connectivity index (χ0v) is 13.8. The number of hydrogen-bond acceptors (Lipinski definition) is 4. The first-order chi connectivity index (χ1) is 11.9. The van der Waals surface area contributed by atoms with Gasteiger partial charge < -0.3 is 10.0 Å². The van der Waals surface area contributed by atoms with Crippen LogP contribution >= 0.6 is 0 Å². The molecule has 1 aromatic heterocycles. The number of carbonyl (C=O) groups is 2. The zero-order chi connectivity index (χ0) is 18.0. The Balaban J connectivity index is 1.71. The SMILES string of the molecule is CC1CC(C(=O)O)CN(C(=O)c2cn(Cc3cccc(F)c3)nn2)C1. The van der Waals surface area contributed by atoms with E-state index >= 15 is 0 Å². The lowest BCUT2D eigenvalue weighted by molar-refractivity contribution is -0.143. The normalized spacial score (nSPS) is 20.5. The van der Waals surface area contributed by atoms with E-state index in [1.165, 1.54) is 27.9 Å². The number of nitrogens with zero attached hydrogens (tertiary/aromatic N) is 4. The first kappa shape index (κ1) is 17.1. The van der Waals surface area contributed by atoms with Gasteiger partial charge in [-0.1, -0.05) is 24.3 Å². The van der Waals surface area contributed by atoms with Gasteiger partial charge in [0.1, 0.15) is 5.82 Å². The molecule has 2 aromatic rings. The van der Waals surface area contributed by atoms with Crippen LogP contribution in [0.5, 0.6) is 0 Å². The number of hydrogen-bond donors (Lipinski definition) is 1. The number of piperidine rings is 1. The highest BCUT2D eigenvalue weighted by atomic mass is 19.1. The smallest absolute Gasteiger partial charge is 0.308 e. The Labute approximate surface area is 144 Å². The molecule has 132 valence electrons. The third-order valence-electron chi connectivity index (χ3n) is 4.29. The number of carbonyl (C=O) groups excluding carboxylic acids is 1. The van der Waals surface area contributed by atoms with Crippen molar-refractivity contribution >= 4 is 11.9 Å². The maximum absolute atomic E-state index is 13.2. The van der Waals surface area contributed by atoms with Crippen LogP contribution in [0.25, 0.3) is 0 Å². The summed E-state index contributed by atoms with van der Waals surface area (Å²) >= 11 is 0. The minimum Gasteiger partial charge on any atom is -0.481 e. The Morgan fingerprint density at radius 1 is 1.36 bits per heavy atom. The second-order valence-electron chi connectivity index (χ2n) is 6.52. The summed E-state index contributed by atoms with van der Waals surface area (Å²) in [7, 11) is 0.